The average Bonchev–Trinajstić information content (AvgIpc) is 2.78. The van der Waals surface area contributed by atoms with Crippen molar-refractivity contribution in [2.45, 2.75) is 18.9 Å². The van der Waals surface area contributed by atoms with Crippen molar-refractivity contribution in [1.29, 1.82) is 0 Å². The van der Waals surface area contributed by atoms with Crippen molar-refractivity contribution in [3.05, 3.63) is 24.3 Å². The zero-order chi connectivity index (χ0) is 11.5. The van der Waals surface area contributed by atoms with Gasteiger partial charge in [-0.25, -0.2) is 14.8 Å². The summed E-state index contributed by atoms with van der Waals surface area (Å²) in [5.41, 5.74) is 0.329. The smallest absolute Gasteiger partial charge is 0.326 e. The van der Waals surface area contributed by atoms with Crippen molar-refractivity contribution in [1.82, 2.24) is 14.9 Å². The molecule has 84 valence electrons. The molecule has 1 saturated heterocycles. The highest BCUT2D eigenvalue weighted by molar-refractivity contribution is 5.96. The summed E-state index contributed by atoms with van der Waals surface area (Å²) < 4.78 is 0. The first kappa shape index (κ1) is 10.5. The number of hydrogen-bond donors (Lipinski definition) is 1. The second-order valence-corrected chi connectivity index (χ2v) is 3.62. The predicted molar refractivity (Wildman–Crippen MR) is 53.7 cm³/mol. The minimum atomic E-state index is -0.956. The van der Waals surface area contributed by atoms with Gasteiger partial charge in [0.1, 0.15) is 12.4 Å². The van der Waals surface area contributed by atoms with Gasteiger partial charge in [-0.3, -0.25) is 4.79 Å². The van der Waals surface area contributed by atoms with E-state index in [4.69, 9.17) is 5.11 Å². The molecule has 1 amide bonds. The number of nitrogens with zero attached hydrogens (tertiary/aromatic N) is 3. The van der Waals surface area contributed by atoms with Crippen LogP contribution in [-0.4, -0.2) is 44.4 Å². The summed E-state index contributed by atoms with van der Waals surface area (Å²) in [7, 11) is 0. The SMILES string of the molecule is O=C(O)[C@H]1CCCN1C(=O)c1cncnc1. The molecule has 1 aromatic rings. The van der Waals surface area contributed by atoms with Gasteiger partial charge in [-0.2, -0.15) is 0 Å². The Bertz CT molecular complexity index is 407. The van der Waals surface area contributed by atoms with Crippen LogP contribution in [0.3, 0.4) is 0 Å². The van der Waals surface area contributed by atoms with E-state index in [1.54, 1.807) is 0 Å². The Morgan fingerprint density at radius 1 is 1.38 bits per heavy atom. The number of carbonyl (C=O) groups is 2. The summed E-state index contributed by atoms with van der Waals surface area (Å²) in [6.45, 7) is 0.477. The fraction of sp³-hybridized carbons (Fsp3) is 0.400. The van der Waals surface area contributed by atoms with Gasteiger partial charge in [0, 0.05) is 18.9 Å². The van der Waals surface area contributed by atoms with E-state index in [9.17, 15) is 9.59 Å². The molecule has 0 aromatic carbocycles. The van der Waals surface area contributed by atoms with Gasteiger partial charge in [-0.1, -0.05) is 0 Å². The zero-order valence-corrected chi connectivity index (χ0v) is 8.54. The van der Waals surface area contributed by atoms with E-state index in [2.05, 4.69) is 9.97 Å². The van der Waals surface area contributed by atoms with E-state index in [0.717, 1.165) is 6.42 Å². The molecule has 16 heavy (non-hydrogen) atoms. The molecule has 1 aliphatic heterocycles. The molecule has 0 saturated carbocycles. The second-order valence-electron chi connectivity index (χ2n) is 3.62. The normalized spacial score (nSPS) is 19.8. The van der Waals surface area contributed by atoms with Crippen LogP contribution in [0.5, 0.6) is 0 Å². The van der Waals surface area contributed by atoms with E-state index in [1.165, 1.54) is 23.6 Å². The third-order valence-corrected chi connectivity index (χ3v) is 2.61. The molecule has 1 fully saturated rings. The molecule has 1 N–H and O–H groups in total. The topological polar surface area (TPSA) is 83.4 Å². The van der Waals surface area contributed by atoms with Crippen LogP contribution in [0, 0.1) is 0 Å². The lowest BCUT2D eigenvalue weighted by Crippen LogP contribution is -2.40. The van der Waals surface area contributed by atoms with E-state index in [1.807, 2.05) is 0 Å². The summed E-state index contributed by atoms with van der Waals surface area (Å²) in [6.07, 6.45) is 5.35. The van der Waals surface area contributed by atoms with Gasteiger partial charge >= 0.3 is 5.97 Å². The van der Waals surface area contributed by atoms with E-state index in [0.29, 0.717) is 18.5 Å². The molecule has 1 aromatic heterocycles. The Labute approximate surface area is 91.9 Å². The van der Waals surface area contributed by atoms with Crippen LogP contribution >= 0.6 is 0 Å². The molecule has 0 unspecified atom stereocenters. The Kier molecular flexibility index (Phi) is 2.80. The number of likely N-dealkylation sites (tertiary alicyclic amines) is 1. The minimum Gasteiger partial charge on any atom is -0.480 e. The molecule has 0 aliphatic carbocycles. The highest BCUT2D eigenvalue weighted by atomic mass is 16.4. The van der Waals surface area contributed by atoms with Crippen LogP contribution in [0.25, 0.3) is 0 Å². The summed E-state index contributed by atoms with van der Waals surface area (Å²) >= 11 is 0. The molecule has 6 nitrogen and oxygen atoms in total. The predicted octanol–water partition coefficient (Wildman–Crippen LogP) is 0.166. The zero-order valence-electron chi connectivity index (χ0n) is 8.54. The van der Waals surface area contributed by atoms with Crippen LogP contribution in [0.4, 0.5) is 0 Å². The lowest BCUT2D eigenvalue weighted by molar-refractivity contribution is -0.141. The number of carboxylic acid groups (broad SMARTS) is 1. The van der Waals surface area contributed by atoms with Crippen LogP contribution < -0.4 is 0 Å². The Hall–Kier alpha value is -1.98. The third-order valence-electron chi connectivity index (χ3n) is 2.61. The molecule has 2 rings (SSSR count). The summed E-state index contributed by atoms with van der Waals surface area (Å²) in [5.74, 6) is -1.27. The van der Waals surface area contributed by atoms with Gasteiger partial charge in [-0.15, -0.1) is 0 Å². The van der Waals surface area contributed by atoms with Crippen molar-refractivity contribution in [3.63, 3.8) is 0 Å². The van der Waals surface area contributed by atoms with Gasteiger partial charge in [0.05, 0.1) is 5.56 Å². The quantitative estimate of drug-likeness (QED) is 0.769. The minimum absolute atomic E-state index is 0.314. The second kappa shape index (κ2) is 4.26. The molecular weight excluding hydrogens is 210 g/mol. The third kappa shape index (κ3) is 1.86. The number of carbonyl (C=O) groups excluding carboxylic acids is 1. The Morgan fingerprint density at radius 2 is 2.06 bits per heavy atom. The van der Waals surface area contributed by atoms with Crippen LogP contribution in [0.15, 0.2) is 18.7 Å². The van der Waals surface area contributed by atoms with E-state index >= 15 is 0 Å². The molecule has 2 heterocycles. The van der Waals surface area contributed by atoms with Crippen LogP contribution in [0.1, 0.15) is 23.2 Å². The van der Waals surface area contributed by atoms with Crippen LogP contribution in [0.2, 0.25) is 0 Å². The van der Waals surface area contributed by atoms with Crippen LogP contribution in [-0.2, 0) is 4.79 Å². The van der Waals surface area contributed by atoms with Gasteiger partial charge in [0.25, 0.3) is 5.91 Å². The maximum atomic E-state index is 11.9. The number of aliphatic carboxylic acids is 1. The summed E-state index contributed by atoms with van der Waals surface area (Å²) in [4.78, 5) is 31.7. The van der Waals surface area contributed by atoms with Crippen molar-refractivity contribution >= 4 is 11.9 Å². The first-order valence-corrected chi connectivity index (χ1v) is 4.99. The molecule has 1 aliphatic rings. The standard InChI is InChI=1S/C10H11N3O3/c14-9(7-4-11-6-12-5-7)13-3-1-2-8(13)10(15)16/h4-6,8H,1-3H2,(H,15,16)/t8-/m1/s1. The molecule has 6 heteroatoms. The van der Waals surface area contributed by atoms with Crippen molar-refractivity contribution in [2.24, 2.45) is 0 Å². The number of hydrogen-bond acceptors (Lipinski definition) is 4. The molecule has 0 spiro atoms. The highest BCUT2D eigenvalue weighted by Gasteiger charge is 2.34. The Morgan fingerprint density at radius 3 is 2.69 bits per heavy atom. The maximum Gasteiger partial charge on any atom is 0.326 e. The van der Waals surface area contributed by atoms with Crippen molar-refractivity contribution in [3.8, 4) is 0 Å². The molecular formula is C10H11N3O3. The number of carboxylic acids is 1. The fourth-order valence-corrected chi connectivity index (χ4v) is 1.84. The van der Waals surface area contributed by atoms with E-state index in [-0.39, 0.29) is 5.91 Å². The van der Waals surface area contributed by atoms with Crippen molar-refractivity contribution in [2.75, 3.05) is 6.54 Å². The number of aromatic nitrogens is 2. The van der Waals surface area contributed by atoms with Gasteiger partial charge in [-0.05, 0) is 12.8 Å². The summed E-state index contributed by atoms with van der Waals surface area (Å²) in [5, 5.41) is 8.95. The molecule has 0 radical (unpaired) electrons. The largest absolute Gasteiger partial charge is 0.480 e. The summed E-state index contributed by atoms with van der Waals surface area (Å²) in [6, 6.07) is -0.715. The highest BCUT2D eigenvalue weighted by Crippen LogP contribution is 2.19. The van der Waals surface area contributed by atoms with E-state index < -0.39 is 12.0 Å². The van der Waals surface area contributed by atoms with Gasteiger partial charge < -0.3 is 10.0 Å². The molecule has 0 bridgehead atoms. The number of rotatable bonds is 2. The van der Waals surface area contributed by atoms with Gasteiger partial charge in [0.2, 0.25) is 0 Å². The number of amides is 1. The van der Waals surface area contributed by atoms with Crippen molar-refractivity contribution < 1.29 is 14.7 Å². The average molecular weight is 221 g/mol. The van der Waals surface area contributed by atoms with Gasteiger partial charge in [0.15, 0.2) is 0 Å². The molecule has 1 atom stereocenters. The lowest BCUT2D eigenvalue weighted by atomic mass is 10.2. The maximum absolute atomic E-state index is 11.9. The lowest BCUT2D eigenvalue weighted by Gasteiger charge is -2.20. The first-order chi connectivity index (χ1) is 7.70. The monoisotopic (exact) mass is 221 g/mol. The fourth-order valence-electron chi connectivity index (χ4n) is 1.84. The first-order valence-electron chi connectivity index (χ1n) is 4.99. The Balaban J connectivity index is 2.19.